The first-order chi connectivity index (χ1) is 10.4. The number of rotatable bonds is 4. The lowest BCUT2D eigenvalue weighted by Crippen LogP contribution is -2.39. The van der Waals surface area contributed by atoms with E-state index in [1.165, 1.54) is 25.7 Å². The van der Waals surface area contributed by atoms with Gasteiger partial charge >= 0.3 is 0 Å². The van der Waals surface area contributed by atoms with E-state index in [0.29, 0.717) is 17.6 Å². The molecule has 120 valence electrons. The molecule has 1 saturated heterocycles. The number of piperidine rings is 1. The van der Waals surface area contributed by atoms with Gasteiger partial charge in [0, 0.05) is 29.5 Å². The minimum absolute atomic E-state index is 0.0459. The van der Waals surface area contributed by atoms with E-state index in [4.69, 9.17) is 4.74 Å². The molecule has 0 N–H and O–H groups in total. The fourth-order valence-electron chi connectivity index (χ4n) is 2.74. The Bertz CT molecular complexity index is 578. The van der Waals surface area contributed by atoms with Gasteiger partial charge in [-0.1, -0.05) is 0 Å². The molecule has 1 aromatic rings. The standard InChI is InChI=1S/C15H21N3O4/c1-10-5-4-6-11(2)17(10)16-9-12-7-13(18(20)21)15(19)14(8-12)22-3/h7-11,19H,4-6H2,1-3H3/p-1/b16-9-/t10-,11-/m0/s1. The van der Waals surface area contributed by atoms with Crippen molar-refractivity contribution in [3.63, 3.8) is 0 Å². The van der Waals surface area contributed by atoms with Crippen LogP contribution in [0.15, 0.2) is 17.2 Å². The van der Waals surface area contributed by atoms with Crippen molar-refractivity contribution in [3.05, 3.63) is 27.8 Å². The summed E-state index contributed by atoms with van der Waals surface area (Å²) in [6, 6.07) is 3.36. The molecule has 0 bridgehead atoms. The summed E-state index contributed by atoms with van der Waals surface area (Å²) < 4.78 is 4.92. The van der Waals surface area contributed by atoms with E-state index >= 15 is 0 Å². The van der Waals surface area contributed by atoms with E-state index < -0.39 is 16.4 Å². The third-order valence-electron chi connectivity index (χ3n) is 3.96. The maximum Gasteiger partial charge on any atom is 0.266 e. The number of nitro benzene ring substituents is 1. The Labute approximate surface area is 129 Å². The molecule has 2 rings (SSSR count). The molecule has 0 spiro atoms. The zero-order valence-electron chi connectivity index (χ0n) is 13.0. The molecule has 0 saturated carbocycles. The van der Waals surface area contributed by atoms with Crippen LogP contribution in [0.4, 0.5) is 5.69 Å². The molecule has 7 heteroatoms. The van der Waals surface area contributed by atoms with Crippen molar-refractivity contribution in [3.8, 4) is 11.5 Å². The van der Waals surface area contributed by atoms with Gasteiger partial charge in [0.15, 0.2) is 0 Å². The second kappa shape index (κ2) is 6.64. The Morgan fingerprint density at radius 1 is 1.36 bits per heavy atom. The van der Waals surface area contributed by atoms with Crippen LogP contribution < -0.4 is 9.84 Å². The van der Waals surface area contributed by atoms with Crippen molar-refractivity contribution >= 4 is 11.9 Å². The highest BCUT2D eigenvalue weighted by Crippen LogP contribution is 2.34. The largest absolute Gasteiger partial charge is 0.865 e. The van der Waals surface area contributed by atoms with Gasteiger partial charge in [0.2, 0.25) is 0 Å². The maximum atomic E-state index is 11.8. The predicted octanol–water partition coefficient (Wildman–Crippen LogP) is 2.27. The number of methoxy groups -OCH3 is 1. The van der Waals surface area contributed by atoms with Crippen molar-refractivity contribution in [1.82, 2.24) is 5.01 Å². The second-order valence-corrected chi connectivity index (χ2v) is 5.58. The molecule has 1 aliphatic rings. The van der Waals surface area contributed by atoms with Crippen LogP contribution in [0.25, 0.3) is 0 Å². The third-order valence-corrected chi connectivity index (χ3v) is 3.96. The first-order valence-electron chi connectivity index (χ1n) is 7.29. The van der Waals surface area contributed by atoms with Gasteiger partial charge in [-0.25, -0.2) is 0 Å². The van der Waals surface area contributed by atoms with Crippen LogP contribution in [-0.2, 0) is 0 Å². The molecule has 22 heavy (non-hydrogen) atoms. The Kier molecular flexibility index (Phi) is 4.85. The molecular weight excluding hydrogens is 286 g/mol. The smallest absolute Gasteiger partial charge is 0.266 e. The van der Waals surface area contributed by atoms with Crippen LogP contribution in [0, 0.1) is 10.1 Å². The van der Waals surface area contributed by atoms with Gasteiger partial charge in [-0.3, -0.25) is 15.1 Å². The molecule has 1 heterocycles. The number of nitrogens with zero attached hydrogens (tertiary/aromatic N) is 3. The Balaban J connectivity index is 2.30. The maximum absolute atomic E-state index is 11.8. The van der Waals surface area contributed by atoms with E-state index in [0.717, 1.165) is 12.8 Å². The molecular formula is C15H20N3O4-. The number of ether oxygens (including phenoxy) is 1. The summed E-state index contributed by atoms with van der Waals surface area (Å²) in [5.74, 6) is -0.764. The van der Waals surface area contributed by atoms with E-state index in [9.17, 15) is 15.2 Å². The molecule has 0 unspecified atom stereocenters. The van der Waals surface area contributed by atoms with Crippen molar-refractivity contribution in [2.24, 2.45) is 5.10 Å². The summed E-state index contributed by atoms with van der Waals surface area (Å²) in [5, 5.41) is 29.2. The number of hydrazone groups is 1. The van der Waals surface area contributed by atoms with Gasteiger partial charge in [0.25, 0.3) is 5.69 Å². The van der Waals surface area contributed by atoms with Gasteiger partial charge in [-0.15, -0.1) is 0 Å². The molecule has 2 atom stereocenters. The number of hydrogen-bond donors (Lipinski definition) is 0. The van der Waals surface area contributed by atoms with E-state index in [1.54, 1.807) is 6.21 Å². The van der Waals surface area contributed by atoms with E-state index in [-0.39, 0.29) is 5.75 Å². The van der Waals surface area contributed by atoms with Crippen LogP contribution in [0.5, 0.6) is 11.5 Å². The molecule has 0 radical (unpaired) electrons. The minimum Gasteiger partial charge on any atom is -0.865 e. The first-order valence-corrected chi connectivity index (χ1v) is 7.29. The van der Waals surface area contributed by atoms with E-state index in [2.05, 4.69) is 18.9 Å². The van der Waals surface area contributed by atoms with Crippen molar-refractivity contribution < 1.29 is 14.8 Å². The van der Waals surface area contributed by atoms with Crippen molar-refractivity contribution in [2.75, 3.05) is 7.11 Å². The molecule has 0 aromatic heterocycles. The molecule has 1 fully saturated rings. The summed E-state index contributed by atoms with van der Waals surface area (Å²) in [7, 11) is 1.32. The SMILES string of the molecule is COc1cc(/C=N\N2[C@@H](C)CCC[C@@H]2C)cc([N+](=O)[O-])c1[O-]. The van der Waals surface area contributed by atoms with Gasteiger partial charge in [-0.05, 0) is 39.2 Å². The van der Waals surface area contributed by atoms with Crippen LogP contribution >= 0.6 is 0 Å². The average Bonchev–Trinajstić information content (AvgIpc) is 2.47. The lowest BCUT2D eigenvalue weighted by molar-refractivity contribution is -0.398. The van der Waals surface area contributed by atoms with Crippen molar-refractivity contribution in [1.29, 1.82) is 0 Å². The molecule has 7 nitrogen and oxygen atoms in total. The molecule has 0 aliphatic carbocycles. The first kappa shape index (κ1) is 16.1. The number of benzene rings is 1. The minimum atomic E-state index is -0.718. The van der Waals surface area contributed by atoms with Gasteiger partial charge in [-0.2, -0.15) is 5.10 Å². The Morgan fingerprint density at radius 3 is 2.55 bits per heavy atom. The molecule has 1 aromatic carbocycles. The third kappa shape index (κ3) is 3.29. The van der Waals surface area contributed by atoms with Gasteiger partial charge in [0.05, 0.1) is 18.2 Å². The monoisotopic (exact) mass is 306 g/mol. The topological polar surface area (TPSA) is 91.0 Å². The van der Waals surface area contributed by atoms with Crippen LogP contribution in [0.1, 0.15) is 38.7 Å². The fraction of sp³-hybridized carbons (Fsp3) is 0.533. The predicted molar refractivity (Wildman–Crippen MR) is 81.3 cm³/mol. The van der Waals surface area contributed by atoms with Gasteiger partial charge in [0.1, 0.15) is 5.75 Å². The normalized spacial score (nSPS) is 22.0. The Hall–Kier alpha value is -2.31. The Morgan fingerprint density at radius 2 is 2.00 bits per heavy atom. The molecule has 1 aliphatic heterocycles. The highest BCUT2D eigenvalue weighted by Gasteiger charge is 2.22. The highest BCUT2D eigenvalue weighted by molar-refractivity contribution is 5.82. The summed E-state index contributed by atoms with van der Waals surface area (Å²) in [5.41, 5.74) is -0.0198. The summed E-state index contributed by atoms with van der Waals surface area (Å²) in [6.45, 7) is 4.22. The zero-order valence-corrected chi connectivity index (χ0v) is 13.0. The lowest BCUT2D eigenvalue weighted by Gasteiger charge is -2.36. The molecule has 0 amide bonds. The van der Waals surface area contributed by atoms with Crippen molar-refractivity contribution in [2.45, 2.75) is 45.2 Å². The van der Waals surface area contributed by atoms with Crippen LogP contribution in [0.3, 0.4) is 0 Å². The van der Waals surface area contributed by atoms with Crippen LogP contribution in [-0.4, -0.2) is 35.3 Å². The van der Waals surface area contributed by atoms with E-state index in [1.807, 2.05) is 5.01 Å². The summed E-state index contributed by atoms with van der Waals surface area (Å²) in [4.78, 5) is 10.2. The van der Waals surface area contributed by atoms with Crippen LogP contribution in [0.2, 0.25) is 0 Å². The highest BCUT2D eigenvalue weighted by atomic mass is 16.6. The summed E-state index contributed by atoms with van der Waals surface area (Å²) in [6.07, 6.45) is 4.88. The number of hydrogen-bond acceptors (Lipinski definition) is 6. The zero-order chi connectivity index (χ0) is 16.3. The van der Waals surface area contributed by atoms with Gasteiger partial charge < -0.3 is 9.84 Å². The second-order valence-electron chi connectivity index (χ2n) is 5.58. The quantitative estimate of drug-likeness (QED) is 0.483. The summed E-state index contributed by atoms with van der Waals surface area (Å²) >= 11 is 0. The fourth-order valence-corrected chi connectivity index (χ4v) is 2.74. The number of nitro groups is 1. The lowest BCUT2D eigenvalue weighted by atomic mass is 10.00. The average molecular weight is 306 g/mol.